The van der Waals surface area contributed by atoms with E-state index in [1.165, 1.54) is 30.5 Å². The first-order valence-electron chi connectivity index (χ1n) is 7.35. The highest BCUT2D eigenvalue weighted by Crippen LogP contribution is 2.23. The van der Waals surface area contributed by atoms with Gasteiger partial charge in [-0.1, -0.05) is 12.1 Å². The van der Waals surface area contributed by atoms with Crippen LogP contribution in [0.15, 0.2) is 36.5 Å². The average molecular weight is 343 g/mol. The number of benzene rings is 1. The summed E-state index contributed by atoms with van der Waals surface area (Å²) in [5.41, 5.74) is 1.09. The topological polar surface area (TPSA) is 94.2 Å². The number of hydrogen-bond acceptors (Lipinski definition) is 6. The van der Waals surface area contributed by atoms with Gasteiger partial charge in [0.15, 0.2) is 5.65 Å². The summed E-state index contributed by atoms with van der Waals surface area (Å²) in [5.74, 6) is -1.57. The largest absolute Gasteiger partial charge is 0.466 e. The van der Waals surface area contributed by atoms with Crippen molar-refractivity contribution in [1.82, 2.24) is 15.0 Å². The van der Waals surface area contributed by atoms with E-state index >= 15 is 0 Å². The molecule has 1 aromatic carbocycles. The van der Waals surface area contributed by atoms with Gasteiger partial charge in [-0.25, -0.2) is 23.9 Å². The number of H-pyrrole nitrogens is 1. The second-order valence-electron chi connectivity index (χ2n) is 5.24. The molecule has 128 valence electrons. The van der Waals surface area contributed by atoms with Gasteiger partial charge in [0.25, 0.3) is 0 Å². The van der Waals surface area contributed by atoms with E-state index in [-0.39, 0.29) is 11.1 Å². The zero-order valence-corrected chi connectivity index (χ0v) is 13.4. The Hall–Kier alpha value is -3.29. The van der Waals surface area contributed by atoms with Gasteiger partial charge in [-0.2, -0.15) is 0 Å². The predicted molar refractivity (Wildman–Crippen MR) is 85.2 cm³/mol. The van der Waals surface area contributed by atoms with Crippen LogP contribution in [0.1, 0.15) is 27.8 Å². The Morgan fingerprint density at radius 2 is 2.08 bits per heavy atom. The molecule has 2 aromatic heterocycles. The van der Waals surface area contributed by atoms with Crippen LogP contribution in [-0.2, 0) is 14.3 Å². The number of carbonyl (C=O) groups excluding carboxylic acids is 2. The van der Waals surface area contributed by atoms with Crippen molar-refractivity contribution in [2.75, 3.05) is 7.11 Å². The Labute approximate surface area is 141 Å². The lowest BCUT2D eigenvalue weighted by molar-refractivity contribution is -0.151. The molecule has 0 fully saturated rings. The maximum atomic E-state index is 13.5. The summed E-state index contributed by atoms with van der Waals surface area (Å²) in [6.45, 7) is 1.72. The minimum atomic E-state index is -1.39. The fourth-order valence-electron chi connectivity index (χ4n) is 2.40. The third kappa shape index (κ3) is 3.32. The van der Waals surface area contributed by atoms with Crippen molar-refractivity contribution >= 4 is 23.1 Å². The van der Waals surface area contributed by atoms with Crippen LogP contribution < -0.4 is 0 Å². The van der Waals surface area contributed by atoms with Crippen molar-refractivity contribution in [1.29, 1.82) is 0 Å². The summed E-state index contributed by atoms with van der Waals surface area (Å²) < 4.78 is 23.4. The maximum absolute atomic E-state index is 13.5. The van der Waals surface area contributed by atoms with Crippen molar-refractivity contribution in [2.45, 2.75) is 13.0 Å². The number of methoxy groups -OCH3 is 1. The first-order valence-corrected chi connectivity index (χ1v) is 7.35. The van der Waals surface area contributed by atoms with E-state index in [1.54, 1.807) is 6.92 Å². The van der Waals surface area contributed by atoms with E-state index in [1.807, 2.05) is 0 Å². The quantitative estimate of drug-likeness (QED) is 0.732. The van der Waals surface area contributed by atoms with Crippen LogP contribution >= 0.6 is 0 Å². The molecule has 0 aliphatic carbocycles. The summed E-state index contributed by atoms with van der Waals surface area (Å²) in [5, 5.41) is 0. The van der Waals surface area contributed by atoms with Crippen LogP contribution in [-0.4, -0.2) is 34.0 Å². The lowest BCUT2D eigenvalue weighted by atomic mass is 10.1. The molecular formula is C17H14FN3O4. The molecule has 25 heavy (non-hydrogen) atoms. The molecule has 0 amide bonds. The Balaban J connectivity index is 1.96. The zero-order chi connectivity index (χ0) is 18.0. The van der Waals surface area contributed by atoms with Gasteiger partial charge in [0.2, 0.25) is 6.10 Å². The number of imidazole rings is 1. The van der Waals surface area contributed by atoms with Crippen LogP contribution in [0.5, 0.6) is 0 Å². The molecule has 2 heterocycles. The highest BCUT2D eigenvalue weighted by molar-refractivity contribution is 6.01. The third-order valence-electron chi connectivity index (χ3n) is 3.52. The lowest BCUT2D eigenvalue weighted by Gasteiger charge is -2.16. The molecule has 0 saturated carbocycles. The second kappa shape index (κ2) is 6.68. The molecule has 1 atom stereocenters. The Kier molecular flexibility index (Phi) is 4.42. The van der Waals surface area contributed by atoms with Gasteiger partial charge in [0.1, 0.15) is 11.6 Å². The number of aryl methyl sites for hydroxylation is 1. The highest BCUT2D eigenvalue weighted by Gasteiger charge is 2.28. The van der Waals surface area contributed by atoms with Gasteiger partial charge in [0, 0.05) is 11.8 Å². The van der Waals surface area contributed by atoms with E-state index in [0.29, 0.717) is 17.0 Å². The van der Waals surface area contributed by atoms with Gasteiger partial charge in [0.05, 0.1) is 18.2 Å². The number of halogens is 1. The van der Waals surface area contributed by atoms with E-state index < -0.39 is 23.9 Å². The van der Waals surface area contributed by atoms with E-state index in [9.17, 15) is 14.0 Å². The van der Waals surface area contributed by atoms with Gasteiger partial charge in [-0.3, -0.25) is 0 Å². The van der Waals surface area contributed by atoms with Crippen molar-refractivity contribution in [3.8, 4) is 0 Å². The molecule has 1 N–H and O–H groups in total. The van der Waals surface area contributed by atoms with Crippen LogP contribution in [0.3, 0.4) is 0 Å². The molecule has 1 unspecified atom stereocenters. The summed E-state index contributed by atoms with van der Waals surface area (Å²) in [4.78, 5) is 35.7. The van der Waals surface area contributed by atoms with E-state index in [4.69, 9.17) is 4.74 Å². The van der Waals surface area contributed by atoms with Crippen LogP contribution in [0.2, 0.25) is 0 Å². The Morgan fingerprint density at radius 3 is 2.80 bits per heavy atom. The smallest absolute Gasteiger partial charge is 0.351 e. The molecule has 0 bridgehead atoms. The number of hydrogen-bond donors (Lipinski definition) is 1. The third-order valence-corrected chi connectivity index (χ3v) is 3.52. The number of ether oxygens (including phenoxy) is 2. The minimum Gasteiger partial charge on any atom is -0.466 e. The van der Waals surface area contributed by atoms with E-state index in [2.05, 4.69) is 19.7 Å². The molecule has 7 nitrogen and oxygen atoms in total. The van der Waals surface area contributed by atoms with Crippen molar-refractivity contribution in [3.05, 3.63) is 59.3 Å². The number of pyridine rings is 1. The van der Waals surface area contributed by atoms with Gasteiger partial charge < -0.3 is 14.5 Å². The maximum Gasteiger partial charge on any atom is 0.351 e. The number of carbonyl (C=O) groups is 2. The molecule has 3 aromatic rings. The molecule has 0 radical (unpaired) electrons. The van der Waals surface area contributed by atoms with Crippen molar-refractivity contribution in [2.24, 2.45) is 0 Å². The normalized spacial score (nSPS) is 12.0. The van der Waals surface area contributed by atoms with E-state index in [0.717, 1.165) is 13.2 Å². The first kappa shape index (κ1) is 16.6. The molecule has 0 aliphatic heterocycles. The Bertz CT molecular complexity index is 954. The molecule has 8 heteroatoms. The van der Waals surface area contributed by atoms with Crippen molar-refractivity contribution < 1.29 is 23.5 Å². The summed E-state index contributed by atoms with van der Waals surface area (Å²) in [6.07, 6.45) is 0.0228. The number of rotatable bonds is 4. The standard InChI is InChI=1S/C17H14FN3O4/c1-9-20-13-12(6-7-19-15(13)21-9)16(22)25-14(17(23)24-2)10-4-3-5-11(18)8-10/h3-8,14H,1-2H3,(H,19,20,21). The molecular weight excluding hydrogens is 329 g/mol. The van der Waals surface area contributed by atoms with Crippen LogP contribution in [0.25, 0.3) is 11.2 Å². The van der Waals surface area contributed by atoms with Gasteiger partial charge >= 0.3 is 11.9 Å². The number of aromatic nitrogens is 3. The zero-order valence-electron chi connectivity index (χ0n) is 13.4. The SMILES string of the molecule is COC(=O)C(OC(=O)c1ccnc2nc(C)[nH]c12)c1cccc(F)c1. The summed E-state index contributed by atoms with van der Waals surface area (Å²) in [7, 11) is 1.16. The first-order chi connectivity index (χ1) is 12.0. The van der Waals surface area contributed by atoms with Gasteiger partial charge in [-0.05, 0) is 25.1 Å². The minimum absolute atomic E-state index is 0.163. The fraction of sp³-hybridized carbons (Fsp3) is 0.176. The van der Waals surface area contributed by atoms with Crippen molar-refractivity contribution in [3.63, 3.8) is 0 Å². The predicted octanol–water partition coefficient (Wildman–Crippen LogP) is 2.48. The fourth-order valence-corrected chi connectivity index (χ4v) is 2.40. The highest BCUT2D eigenvalue weighted by atomic mass is 19.1. The van der Waals surface area contributed by atoms with Gasteiger partial charge in [-0.15, -0.1) is 0 Å². The number of nitrogens with zero attached hydrogens (tertiary/aromatic N) is 2. The second-order valence-corrected chi connectivity index (χ2v) is 5.24. The number of nitrogens with one attached hydrogen (secondary N) is 1. The summed E-state index contributed by atoms with van der Waals surface area (Å²) >= 11 is 0. The Morgan fingerprint density at radius 1 is 1.28 bits per heavy atom. The number of aromatic amines is 1. The van der Waals surface area contributed by atoms with Crippen LogP contribution in [0.4, 0.5) is 4.39 Å². The number of esters is 2. The van der Waals surface area contributed by atoms with Crippen LogP contribution in [0, 0.1) is 12.7 Å². The molecule has 0 spiro atoms. The molecule has 0 aliphatic rings. The summed E-state index contributed by atoms with van der Waals surface area (Å²) in [6, 6.07) is 6.66. The monoisotopic (exact) mass is 343 g/mol. The lowest BCUT2D eigenvalue weighted by Crippen LogP contribution is -2.21. The number of fused-ring (bicyclic) bond motifs is 1. The molecule has 0 saturated heterocycles. The molecule has 3 rings (SSSR count). The average Bonchev–Trinajstić information content (AvgIpc) is 2.98.